The van der Waals surface area contributed by atoms with Crippen molar-refractivity contribution in [2.75, 3.05) is 19.5 Å². The number of methoxy groups -OCH3 is 1. The number of rotatable bonds is 12. The van der Waals surface area contributed by atoms with Crippen molar-refractivity contribution < 1.29 is 23.1 Å². The van der Waals surface area contributed by atoms with E-state index in [0.717, 1.165) is 0 Å². The molecule has 1 aromatic heterocycles. The Morgan fingerprint density at radius 1 is 1.17 bits per heavy atom. The SMILES string of the molecule is COc1ccc(Cl)c(Oc2c(N)ncnc2OCCC(C)(C)C(O[SiH2]C)O[SiH2]C)c1. The number of benzene rings is 1. The van der Waals surface area contributed by atoms with E-state index in [-0.39, 0.29) is 29.2 Å². The lowest BCUT2D eigenvalue weighted by Crippen LogP contribution is -2.37. The summed E-state index contributed by atoms with van der Waals surface area (Å²) in [5.41, 5.74) is 5.81. The number of hydrogen-bond acceptors (Lipinski definition) is 8. The maximum absolute atomic E-state index is 6.24. The Labute approximate surface area is 187 Å². The molecule has 0 fully saturated rings. The zero-order valence-electron chi connectivity index (χ0n) is 18.1. The van der Waals surface area contributed by atoms with Crippen molar-refractivity contribution in [2.45, 2.75) is 39.7 Å². The molecule has 0 radical (unpaired) electrons. The lowest BCUT2D eigenvalue weighted by Gasteiger charge is -2.34. The quantitative estimate of drug-likeness (QED) is 0.372. The van der Waals surface area contributed by atoms with Gasteiger partial charge in [-0.15, -0.1) is 0 Å². The van der Waals surface area contributed by atoms with Crippen LogP contribution in [0.4, 0.5) is 5.82 Å². The Morgan fingerprint density at radius 3 is 2.50 bits per heavy atom. The van der Waals surface area contributed by atoms with Crippen LogP contribution >= 0.6 is 11.6 Å². The summed E-state index contributed by atoms with van der Waals surface area (Å²) in [6.45, 7) is 8.79. The summed E-state index contributed by atoms with van der Waals surface area (Å²) < 4.78 is 28.8. The standard InChI is InChI=1S/C19H30ClN3O5Si2/c1-19(2,18(27-29-4)28-30-5)8-9-25-17-15(16(21)22-11-23-17)26-14-10-12(24-3)6-7-13(14)20/h6-7,10-11,18H,8-9,29-30H2,1-5H3,(H2,21,22,23). The summed E-state index contributed by atoms with van der Waals surface area (Å²) in [4.78, 5) is 8.18. The second-order valence-electron chi connectivity index (χ2n) is 7.12. The number of nitrogens with zero attached hydrogens (tertiary/aromatic N) is 2. The molecule has 0 saturated carbocycles. The van der Waals surface area contributed by atoms with E-state index in [9.17, 15) is 0 Å². The molecule has 1 heterocycles. The zero-order valence-corrected chi connectivity index (χ0v) is 21.7. The van der Waals surface area contributed by atoms with Crippen molar-refractivity contribution in [1.82, 2.24) is 9.97 Å². The number of halogens is 1. The van der Waals surface area contributed by atoms with Gasteiger partial charge in [0.15, 0.2) is 25.3 Å². The average Bonchev–Trinajstić information content (AvgIpc) is 2.71. The monoisotopic (exact) mass is 471 g/mol. The fourth-order valence-electron chi connectivity index (χ4n) is 2.70. The van der Waals surface area contributed by atoms with Crippen molar-refractivity contribution in [3.05, 3.63) is 29.5 Å². The maximum Gasteiger partial charge on any atom is 0.263 e. The number of nitrogen functional groups attached to an aromatic ring is 1. The van der Waals surface area contributed by atoms with E-state index in [1.165, 1.54) is 6.33 Å². The maximum atomic E-state index is 6.24. The summed E-state index contributed by atoms with van der Waals surface area (Å²) in [6.07, 6.45) is 1.82. The van der Waals surface area contributed by atoms with E-state index in [4.69, 9.17) is 40.4 Å². The summed E-state index contributed by atoms with van der Waals surface area (Å²) in [7, 11) is 0.390. The van der Waals surface area contributed by atoms with Crippen LogP contribution in [0.5, 0.6) is 23.1 Å². The first-order valence-electron chi connectivity index (χ1n) is 9.80. The van der Waals surface area contributed by atoms with Crippen LogP contribution in [0.3, 0.4) is 0 Å². The van der Waals surface area contributed by atoms with Crippen LogP contribution in [-0.2, 0) is 8.85 Å². The van der Waals surface area contributed by atoms with Crippen LogP contribution in [-0.4, -0.2) is 49.5 Å². The minimum Gasteiger partial charge on any atom is -0.497 e. The average molecular weight is 472 g/mol. The van der Waals surface area contributed by atoms with E-state index in [0.29, 0.717) is 29.5 Å². The van der Waals surface area contributed by atoms with Gasteiger partial charge < -0.3 is 28.8 Å². The zero-order chi connectivity index (χ0) is 22.1. The molecule has 0 saturated heterocycles. The summed E-state index contributed by atoms with van der Waals surface area (Å²) >= 11 is 6.24. The molecule has 0 atom stereocenters. The highest BCUT2D eigenvalue weighted by Crippen LogP contribution is 2.39. The van der Waals surface area contributed by atoms with Crippen LogP contribution in [0.2, 0.25) is 18.1 Å². The molecular weight excluding hydrogens is 442 g/mol. The van der Waals surface area contributed by atoms with Crippen molar-refractivity contribution in [3.63, 3.8) is 0 Å². The van der Waals surface area contributed by atoms with Crippen LogP contribution in [0.15, 0.2) is 24.5 Å². The van der Waals surface area contributed by atoms with Crippen molar-refractivity contribution in [2.24, 2.45) is 5.41 Å². The topological polar surface area (TPSA) is 98.0 Å². The van der Waals surface area contributed by atoms with E-state index in [1.54, 1.807) is 25.3 Å². The van der Waals surface area contributed by atoms with Crippen LogP contribution in [0.25, 0.3) is 0 Å². The number of nitrogens with two attached hydrogens (primary N) is 1. The molecule has 0 aliphatic carbocycles. The van der Waals surface area contributed by atoms with Gasteiger partial charge in [0.25, 0.3) is 5.88 Å². The van der Waals surface area contributed by atoms with Crippen molar-refractivity contribution in [1.29, 1.82) is 0 Å². The first-order valence-corrected chi connectivity index (χ1v) is 14.2. The summed E-state index contributed by atoms with van der Waals surface area (Å²) in [5, 5.41) is 0.399. The molecule has 2 aromatic rings. The number of aromatic nitrogens is 2. The Hall–Kier alpha value is -1.86. The smallest absolute Gasteiger partial charge is 0.263 e. The van der Waals surface area contributed by atoms with E-state index in [2.05, 4.69) is 36.9 Å². The molecule has 0 aliphatic heterocycles. The number of hydrogen-bond donors (Lipinski definition) is 1. The summed E-state index contributed by atoms with van der Waals surface area (Å²) in [6, 6.07) is 5.07. The molecular formula is C19H30ClN3O5Si2. The van der Waals surface area contributed by atoms with Gasteiger partial charge in [-0.1, -0.05) is 38.5 Å². The number of ether oxygens (including phenoxy) is 3. The second-order valence-corrected chi connectivity index (χ2v) is 9.35. The Morgan fingerprint density at radius 2 is 1.87 bits per heavy atom. The fourth-order valence-corrected chi connectivity index (χ4v) is 4.75. The van der Waals surface area contributed by atoms with E-state index in [1.807, 2.05) is 0 Å². The van der Waals surface area contributed by atoms with Crippen LogP contribution < -0.4 is 19.9 Å². The van der Waals surface area contributed by atoms with Gasteiger partial charge in [0, 0.05) is 11.5 Å². The van der Waals surface area contributed by atoms with Crippen molar-refractivity contribution >= 4 is 36.9 Å². The normalized spacial score (nSPS) is 13.3. The van der Waals surface area contributed by atoms with Gasteiger partial charge in [-0.25, -0.2) is 4.98 Å². The van der Waals surface area contributed by atoms with Crippen LogP contribution in [0, 0.1) is 5.41 Å². The molecule has 2 N–H and O–H groups in total. The first kappa shape index (κ1) is 24.4. The van der Waals surface area contributed by atoms with Gasteiger partial charge in [-0.05, 0) is 18.6 Å². The first-order chi connectivity index (χ1) is 14.3. The molecule has 0 bridgehead atoms. The van der Waals surface area contributed by atoms with Gasteiger partial charge in [-0.3, -0.25) is 0 Å². The highest BCUT2D eigenvalue weighted by atomic mass is 35.5. The predicted octanol–water partition coefficient (Wildman–Crippen LogP) is 2.93. The molecule has 11 heteroatoms. The van der Waals surface area contributed by atoms with E-state index < -0.39 is 19.5 Å². The minimum absolute atomic E-state index is 0.150. The van der Waals surface area contributed by atoms with Gasteiger partial charge in [0.05, 0.1) is 18.7 Å². The molecule has 2 rings (SSSR count). The third kappa shape index (κ3) is 6.57. The number of anilines is 1. The molecule has 8 nitrogen and oxygen atoms in total. The molecule has 0 aliphatic rings. The predicted molar refractivity (Wildman–Crippen MR) is 123 cm³/mol. The van der Waals surface area contributed by atoms with Gasteiger partial charge in [-0.2, -0.15) is 4.98 Å². The third-order valence-corrected chi connectivity index (χ3v) is 5.99. The van der Waals surface area contributed by atoms with Crippen LogP contribution in [0.1, 0.15) is 20.3 Å². The largest absolute Gasteiger partial charge is 0.497 e. The molecule has 0 unspecified atom stereocenters. The fraction of sp³-hybridized carbons (Fsp3) is 0.474. The van der Waals surface area contributed by atoms with Gasteiger partial charge >= 0.3 is 0 Å². The molecule has 0 amide bonds. The highest BCUT2D eigenvalue weighted by Gasteiger charge is 2.30. The lowest BCUT2D eigenvalue weighted by atomic mass is 9.89. The molecule has 30 heavy (non-hydrogen) atoms. The molecule has 166 valence electrons. The third-order valence-electron chi connectivity index (χ3n) is 4.41. The Balaban J connectivity index is 2.13. The Kier molecular flexibility index (Phi) is 9.37. The molecule has 0 spiro atoms. The van der Waals surface area contributed by atoms with Gasteiger partial charge in [0.2, 0.25) is 5.75 Å². The minimum atomic E-state index is -0.586. The molecule has 1 aromatic carbocycles. The van der Waals surface area contributed by atoms with Gasteiger partial charge in [0.1, 0.15) is 24.1 Å². The van der Waals surface area contributed by atoms with Crippen molar-refractivity contribution in [3.8, 4) is 23.1 Å². The summed E-state index contributed by atoms with van der Waals surface area (Å²) in [5.74, 6) is 1.56. The van der Waals surface area contributed by atoms with E-state index >= 15 is 0 Å². The second kappa shape index (κ2) is 11.5. The lowest BCUT2D eigenvalue weighted by molar-refractivity contribution is -0.0856. The Bertz CT molecular complexity index is 823. The highest BCUT2D eigenvalue weighted by molar-refractivity contribution is 6.32.